The zero-order valence-corrected chi connectivity index (χ0v) is 22.6. The van der Waals surface area contributed by atoms with Gasteiger partial charge in [0.25, 0.3) is 5.91 Å². The van der Waals surface area contributed by atoms with E-state index in [2.05, 4.69) is 42.6 Å². The molecular weight excluding hydrogens is 472 g/mol. The van der Waals surface area contributed by atoms with Gasteiger partial charge in [-0.2, -0.15) is 0 Å². The lowest BCUT2D eigenvalue weighted by molar-refractivity contribution is -0.135. The third-order valence-electron chi connectivity index (χ3n) is 6.67. The van der Waals surface area contributed by atoms with Crippen LogP contribution in [-0.2, 0) is 11.2 Å². The molecule has 190 valence electrons. The Balaban J connectivity index is 1.70. The fourth-order valence-corrected chi connectivity index (χ4v) is 5.63. The van der Waals surface area contributed by atoms with Crippen molar-refractivity contribution in [1.29, 1.82) is 0 Å². The molecule has 0 bridgehead atoms. The van der Waals surface area contributed by atoms with Gasteiger partial charge in [-0.3, -0.25) is 9.59 Å². The van der Waals surface area contributed by atoms with Crippen LogP contribution in [0, 0.1) is 6.92 Å². The number of rotatable bonds is 6. The van der Waals surface area contributed by atoms with E-state index in [0.717, 1.165) is 12.0 Å². The van der Waals surface area contributed by atoms with E-state index in [1.807, 2.05) is 25.7 Å². The fourth-order valence-electron chi connectivity index (χ4n) is 4.73. The number of carbonyl (C=O) groups excluding carboxylic acids is 2. The number of hydrogen-bond donors (Lipinski definition) is 0. The number of benzene rings is 2. The highest BCUT2D eigenvalue weighted by Gasteiger charge is 2.37. The molecule has 36 heavy (non-hydrogen) atoms. The van der Waals surface area contributed by atoms with Crippen LogP contribution in [0.15, 0.2) is 53.9 Å². The molecule has 6 nitrogen and oxygen atoms in total. The Morgan fingerprint density at radius 1 is 1.03 bits per heavy atom. The molecule has 3 aromatic rings. The number of amides is 2. The van der Waals surface area contributed by atoms with Crippen LogP contribution in [0.3, 0.4) is 0 Å². The summed E-state index contributed by atoms with van der Waals surface area (Å²) in [6.45, 7) is 8.42. The largest absolute Gasteiger partial charge is 0.496 e. The number of methoxy groups -OCH3 is 2. The molecule has 2 aromatic carbocycles. The monoisotopic (exact) mass is 506 g/mol. The summed E-state index contributed by atoms with van der Waals surface area (Å²) in [5.74, 6) is 0.443. The van der Waals surface area contributed by atoms with Crippen molar-refractivity contribution in [2.45, 2.75) is 45.7 Å². The van der Waals surface area contributed by atoms with Gasteiger partial charge in [0.05, 0.1) is 20.3 Å². The summed E-state index contributed by atoms with van der Waals surface area (Å²) in [5.41, 5.74) is 3.13. The Kier molecular flexibility index (Phi) is 7.41. The van der Waals surface area contributed by atoms with Crippen LogP contribution >= 0.6 is 11.3 Å². The fraction of sp³-hybridized carbons (Fsp3) is 0.379. The van der Waals surface area contributed by atoms with Crippen LogP contribution in [0.4, 0.5) is 0 Å². The number of thiophene rings is 1. The topological polar surface area (TPSA) is 59.1 Å². The molecule has 7 heteroatoms. The Labute approximate surface area is 217 Å². The van der Waals surface area contributed by atoms with Crippen LogP contribution in [0.25, 0.3) is 0 Å². The summed E-state index contributed by atoms with van der Waals surface area (Å²) in [7, 11) is 3.05. The first-order chi connectivity index (χ1) is 17.2. The second kappa shape index (κ2) is 10.3. The lowest BCUT2D eigenvalue weighted by Gasteiger charge is -2.40. The molecule has 0 saturated carbocycles. The van der Waals surface area contributed by atoms with Crippen molar-refractivity contribution in [3.8, 4) is 11.5 Å². The molecule has 0 aliphatic carbocycles. The maximum Gasteiger partial charge on any atom is 0.262 e. The quantitative estimate of drug-likeness (QED) is 0.444. The van der Waals surface area contributed by atoms with Crippen LogP contribution in [0.1, 0.15) is 58.7 Å². The van der Waals surface area contributed by atoms with E-state index in [4.69, 9.17) is 9.47 Å². The van der Waals surface area contributed by atoms with Crippen molar-refractivity contribution >= 4 is 23.2 Å². The smallest absolute Gasteiger partial charge is 0.262 e. The lowest BCUT2D eigenvalue weighted by atomic mass is 9.92. The number of carbonyl (C=O) groups is 2. The zero-order chi connectivity index (χ0) is 26.0. The molecule has 4 rings (SSSR count). The number of aryl methyl sites for hydroxylation is 1. The van der Waals surface area contributed by atoms with Gasteiger partial charge in [-0.15, -0.1) is 11.3 Å². The molecule has 0 spiro atoms. The van der Waals surface area contributed by atoms with E-state index < -0.39 is 5.54 Å². The third-order valence-corrected chi connectivity index (χ3v) is 7.67. The molecule has 0 radical (unpaired) electrons. The molecule has 1 unspecified atom stereocenters. The van der Waals surface area contributed by atoms with E-state index in [9.17, 15) is 9.59 Å². The average molecular weight is 507 g/mol. The minimum Gasteiger partial charge on any atom is -0.496 e. The van der Waals surface area contributed by atoms with Crippen LogP contribution < -0.4 is 9.47 Å². The minimum absolute atomic E-state index is 0.0502. The SMILES string of the molecule is COc1cccc(OC)c1C(=O)N(CC(=O)N1CCc2sccc2C1c1ccc(C)cc1)C(C)(C)C. The molecule has 1 aliphatic heterocycles. The van der Waals surface area contributed by atoms with Gasteiger partial charge < -0.3 is 19.3 Å². The van der Waals surface area contributed by atoms with Crippen LogP contribution in [-0.4, -0.2) is 54.5 Å². The normalized spacial score (nSPS) is 15.3. The Morgan fingerprint density at radius 2 is 1.67 bits per heavy atom. The van der Waals surface area contributed by atoms with Gasteiger partial charge in [-0.05, 0) is 68.8 Å². The summed E-state index contributed by atoms with van der Waals surface area (Å²) >= 11 is 1.74. The van der Waals surface area contributed by atoms with Crippen molar-refractivity contribution in [2.75, 3.05) is 27.3 Å². The Bertz CT molecular complexity index is 1220. The zero-order valence-electron chi connectivity index (χ0n) is 21.8. The number of fused-ring (bicyclic) bond motifs is 1. The predicted octanol–water partition coefficient (Wildman–Crippen LogP) is 5.49. The van der Waals surface area contributed by atoms with E-state index >= 15 is 0 Å². The molecule has 2 amide bonds. The highest BCUT2D eigenvalue weighted by Crippen LogP contribution is 2.38. The van der Waals surface area contributed by atoms with Gasteiger partial charge in [-0.25, -0.2) is 0 Å². The maximum atomic E-state index is 14.0. The van der Waals surface area contributed by atoms with Crippen molar-refractivity contribution in [2.24, 2.45) is 0 Å². The first kappa shape index (κ1) is 25.8. The van der Waals surface area contributed by atoms with Crippen LogP contribution in [0.2, 0.25) is 0 Å². The van der Waals surface area contributed by atoms with Gasteiger partial charge in [0.2, 0.25) is 5.91 Å². The molecule has 0 N–H and O–H groups in total. The first-order valence-electron chi connectivity index (χ1n) is 12.1. The van der Waals surface area contributed by atoms with Crippen molar-refractivity contribution < 1.29 is 19.1 Å². The van der Waals surface area contributed by atoms with Crippen molar-refractivity contribution in [3.05, 3.63) is 81.0 Å². The highest BCUT2D eigenvalue weighted by molar-refractivity contribution is 7.10. The summed E-state index contributed by atoms with van der Waals surface area (Å²) in [6, 6.07) is 15.5. The van der Waals surface area contributed by atoms with Crippen LogP contribution in [0.5, 0.6) is 11.5 Å². The highest BCUT2D eigenvalue weighted by atomic mass is 32.1. The van der Waals surface area contributed by atoms with E-state index in [1.165, 1.54) is 30.2 Å². The first-order valence-corrected chi connectivity index (χ1v) is 13.0. The van der Waals surface area contributed by atoms with E-state index in [1.54, 1.807) is 34.4 Å². The molecule has 1 aromatic heterocycles. The minimum atomic E-state index is -0.610. The van der Waals surface area contributed by atoms with Gasteiger partial charge in [-0.1, -0.05) is 35.9 Å². The van der Waals surface area contributed by atoms with E-state index in [0.29, 0.717) is 23.6 Å². The average Bonchev–Trinajstić information content (AvgIpc) is 3.34. The van der Waals surface area contributed by atoms with Crippen molar-refractivity contribution in [3.63, 3.8) is 0 Å². The van der Waals surface area contributed by atoms with Gasteiger partial charge in [0, 0.05) is 17.0 Å². The molecular formula is C29H34N2O4S. The van der Waals surface area contributed by atoms with Gasteiger partial charge >= 0.3 is 0 Å². The summed E-state index contributed by atoms with van der Waals surface area (Å²) in [5, 5.41) is 2.10. The van der Waals surface area contributed by atoms with Gasteiger partial charge in [0.15, 0.2) is 0 Å². The van der Waals surface area contributed by atoms with Crippen molar-refractivity contribution in [1.82, 2.24) is 9.80 Å². The summed E-state index contributed by atoms with van der Waals surface area (Å²) < 4.78 is 11.0. The standard InChI is InChI=1S/C29H34N2O4S/c1-19-10-12-20(13-11-19)27-21-15-17-36-24(21)14-16-30(27)25(32)18-31(29(2,3)4)28(33)26-22(34-5)8-7-9-23(26)35-6/h7-13,15,17,27H,14,16,18H2,1-6H3. The Morgan fingerprint density at radius 3 is 2.25 bits per heavy atom. The number of nitrogens with zero attached hydrogens (tertiary/aromatic N) is 2. The molecule has 1 atom stereocenters. The molecule has 0 fully saturated rings. The third kappa shape index (κ3) is 4.98. The Hall–Kier alpha value is -3.32. The molecule has 0 saturated heterocycles. The lowest BCUT2D eigenvalue weighted by Crippen LogP contribution is -2.52. The van der Waals surface area contributed by atoms with E-state index in [-0.39, 0.29) is 24.4 Å². The summed E-state index contributed by atoms with van der Waals surface area (Å²) in [6.07, 6.45) is 0.810. The second-order valence-electron chi connectivity index (χ2n) is 10.0. The maximum absolute atomic E-state index is 14.0. The number of hydrogen-bond acceptors (Lipinski definition) is 5. The predicted molar refractivity (Wildman–Crippen MR) is 143 cm³/mol. The second-order valence-corrected chi connectivity index (χ2v) is 11.0. The van der Waals surface area contributed by atoms with Gasteiger partial charge in [0.1, 0.15) is 23.6 Å². The summed E-state index contributed by atoms with van der Waals surface area (Å²) in [4.78, 5) is 32.7. The molecule has 2 heterocycles. The molecule has 1 aliphatic rings. The number of ether oxygens (including phenoxy) is 2.